The van der Waals surface area contributed by atoms with Gasteiger partial charge in [0.15, 0.2) is 21.5 Å². The highest BCUT2D eigenvalue weighted by Gasteiger charge is 2.33. The van der Waals surface area contributed by atoms with E-state index < -0.39 is 15.9 Å². The number of nitrogens with two attached hydrogens (primary N) is 1. The summed E-state index contributed by atoms with van der Waals surface area (Å²) in [6, 6.07) is 0. The second kappa shape index (κ2) is 4.40. The van der Waals surface area contributed by atoms with Gasteiger partial charge >= 0.3 is 0 Å². The third kappa shape index (κ3) is 2.51. The lowest BCUT2D eigenvalue weighted by Crippen LogP contribution is -2.11. The highest BCUT2D eigenvalue weighted by atomic mass is 32.2. The molecular weight excluding hydrogens is 244 g/mol. The molecule has 2 atom stereocenters. The van der Waals surface area contributed by atoms with Crippen LogP contribution in [0.15, 0.2) is 4.42 Å². The predicted octanol–water partition coefficient (Wildman–Crippen LogP) is -0.123. The van der Waals surface area contributed by atoms with E-state index in [4.69, 9.17) is 10.2 Å². The minimum absolute atomic E-state index is 0.0540. The molecular formula is C10H16N2O4S. The van der Waals surface area contributed by atoms with Crippen molar-refractivity contribution in [2.75, 3.05) is 18.1 Å². The lowest BCUT2D eigenvalue weighted by Gasteiger charge is -2.04. The number of oxazole rings is 1. The van der Waals surface area contributed by atoms with Gasteiger partial charge in [-0.1, -0.05) is 0 Å². The Hall–Kier alpha value is -0.920. The average molecular weight is 260 g/mol. The van der Waals surface area contributed by atoms with Gasteiger partial charge in [-0.2, -0.15) is 0 Å². The largest absolute Gasteiger partial charge is 0.442 e. The summed E-state index contributed by atoms with van der Waals surface area (Å²) in [5.41, 5.74) is 5.92. The van der Waals surface area contributed by atoms with Crippen molar-refractivity contribution in [3.05, 3.63) is 17.3 Å². The van der Waals surface area contributed by atoms with Gasteiger partial charge in [0.1, 0.15) is 6.10 Å². The van der Waals surface area contributed by atoms with Crippen molar-refractivity contribution in [3.8, 4) is 0 Å². The minimum Gasteiger partial charge on any atom is -0.442 e. The van der Waals surface area contributed by atoms with Crippen molar-refractivity contribution in [3.63, 3.8) is 0 Å². The molecule has 1 aliphatic rings. The van der Waals surface area contributed by atoms with Gasteiger partial charge in [-0.05, 0) is 13.3 Å². The number of aliphatic hydroxyl groups is 1. The van der Waals surface area contributed by atoms with Gasteiger partial charge in [-0.3, -0.25) is 0 Å². The third-order valence-corrected chi connectivity index (χ3v) is 4.72. The summed E-state index contributed by atoms with van der Waals surface area (Å²) in [4.78, 5) is 4.18. The van der Waals surface area contributed by atoms with Crippen molar-refractivity contribution >= 4 is 9.84 Å². The normalized spacial score (nSPS) is 25.0. The molecule has 1 aromatic heterocycles. The molecule has 1 aromatic rings. The Morgan fingerprint density at radius 1 is 1.65 bits per heavy atom. The smallest absolute Gasteiger partial charge is 0.198 e. The number of sulfone groups is 1. The van der Waals surface area contributed by atoms with Crippen LogP contribution in [0, 0.1) is 6.92 Å². The van der Waals surface area contributed by atoms with E-state index in [1.165, 1.54) is 0 Å². The summed E-state index contributed by atoms with van der Waals surface area (Å²) in [6.07, 6.45) is -0.352. The van der Waals surface area contributed by atoms with E-state index in [0.717, 1.165) is 0 Å². The van der Waals surface area contributed by atoms with Crippen molar-refractivity contribution in [2.24, 2.45) is 5.73 Å². The number of rotatable bonds is 3. The zero-order chi connectivity index (χ0) is 12.6. The van der Waals surface area contributed by atoms with Crippen LogP contribution in [0.1, 0.15) is 35.8 Å². The fourth-order valence-electron chi connectivity index (χ4n) is 2.01. The van der Waals surface area contributed by atoms with Gasteiger partial charge in [0.2, 0.25) is 0 Å². The van der Waals surface area contributed by atoms with Crippen molar-refractivity contribution in [1.29, 1.82) is 0 Å². The molecule has 96 valence electrons. The Bertz CT molecular complexity index is 508. The van der Waals surface area contributed by atoms with Crippen LogP contribution in [-0.4, -0.2) is 36.6 Å². The number of aliphatic hydroxyl groups excluding tert-OH is 1. The number of nitrogens with zero attached hydrogens (tertiary/aromatic N) is 1. The number of hydrogen-bond donors (Lipinski definition) is 2. The van der Waals surface area contributed by atoms with Gasteiger partial charge in [-0.25, -0.2) is 13.4 Å². The maximum Gasteiger partial charge on any atom is 0.198 e. The maximum absolute atomic E-state index is 11.4. The van der Waals surface area contributed by atoms with Gasteiger partial charge < -0.3 is 15.3 Å². The Balaban J connectivity index is 2.24. The lowest BCUT2D eigenvalue weighted by molar-refractivity contribution is 0.154. The fraction of sp³-hybridized carbons (Fsp3) is 0.700. The van der Waals surface area contributed by atoms with E-state index in [1.54, 1.807) is 6.92 Å². The van der Waals surface area contributed by atoms with Crippen molar-refractivity contribution in [2.45, 2.75) is 25.4 Å². The molecule has 0 saturated carbocycles. The molecule has 17 heavy (non-hydrogen) atoms. The first-order valence-electron chi connectivity index (χ1n) is 5.48. The quantitative estimate of drug-likeness (QED) is 0.784. The zero-order valence-corrected chi connectivity index (χ0v) is 10.4. The second-order valence-electron chi connectivity index (χ2n) is 4.35. The van der Waals surface area contributed by atoms with Crippen LogP contribution in [0.3, 0.4) is 0 Å². The van der Waals surface area contributed by atoms with Crippen molar-refractivity contribution in [1.82, 2.24) is 4.98 Å². The standard InChI is InChI=1S/C10H16N2O4S/c1-6-9(8(13)4-11)16-10(12-6)7-2-3-17(14,15)5-7/h7-8,13H,2-5,11H2,1H3. The number of aromatic nitrogens is 1. The first-order chi connectivity index (χ1) is 7.93. The number of hydrogen-bond acceptors (Lipinski definition) is 6. The highest BCUT2D eigenvalue weighted by Crippen LogP contribution is 2.30. The monoisotopic (exact) mass is 260 g/mol. The highest BCUT2D eigenvalue weighted by molar-refractivity contribution is 7.91. The molecule has 0 aliphatic carbocycles. The molecule has 2 heterocycles. The van der Waals surface area contributed by atoms with E-state index in [-0.39, 0.29) is 24.0 Å². The van der Waals surface area contributed by atoms with E-state index in [1.807, 2.05) is 0 Å². The van der Waals surface area contributed by atoms with Gasteiger partial charge in [0.05, 0.1) is 23.1 Å². The van der Waals surface area contributed by atoms with Crippen LogP contribution in [0.5, 0.6) is 0 Å². The second-order valence-corrected chi connectivity index (χ2v) is 6.58. The Morgan fingerprint density at radius 3 is 2.88 bits per heavy atom. The summed E-state index contributed by atoms with van der Waals surface area (Å²) < 4.78 is 28.2. The van der Waals surface area contributed by atoms with Gasteiger partial charge in [0.25, 0.3) is 0 Å². The molecule has 6 nitrogen and oxygen atoms in total. The third-order valence-electron chi connectivity index (χ3n) is 2.96. The summed E-state index contributed by atoms with van der Waals surface area (Å²) in [5.74, 6) is 0.786. The van der Waals surface area contributed by atoms with Crippen molar-refractivity contribution < 1.29 is 17.9 Å². The Morgan fingerprint density at radius 2 is 2.35 bits per heavy atom. The molecule has 1 aliphatic heterocycles. The van der Waals surface area contributed by atoms with Crippen LogP contribution in [-0.2, 0) is 9.84 Å². The zero-order valence-electron chi connectivity index (χ0n) is 9.59. The van der Waals surface area contributed by atoms with Crippen LogP contribution >= 0.6 is 0 Å². The summed E-state index contributed by atoms with van der Waals surface area (Å²) in [7, 11) is -2.96. The average Bonchev–Trinajstić information content (AvgIpc) is 2.80. The Kier molecular flexibility index (Phi) is 3.24. The van der Waals surface area contributed by atoms with Crippen LogP contribution in [0.4, 0.5) is 0 Å². The molecule has 0 aromatic carbocycles. The molecule has 2 rings (SSSR count). The van der Waals surface area contributed by atoms with E-state index in [0.29, 0.717) is 23.8 Å². The molecule has 0 amide bonds. The molecule has 7 heteroatoms. The van der Waals surface area contributed by atoms with E-state index in [2.05, 4.69) is 4.98 Å². The molecule has 3 N–H and O–H groups in total. The molecule has 1 saturated heterocycles. The predicted molar refractivity (Wildman–Crippen MR) is 61.3 cm³/mol. The van der Waals surface area contributed by atoms with E-state index in [9.17, 15) is 13.5 Å². The SMILES string of the molecule is Cc1nc(C2CCS(=O)(=O)C2)oc1C(O)CN. The van der Waals surface area contributed by atoms with Gasteiger partial charge in [0, 0.05) is 6.54 Å². The maximum atomic E-state index is 11.4. The topological polar surface area (TPSA) is 106 Å². The lowest BCUT2D eigenvalue weighted by atomic mass is 10.1. The first kappa shape index (κ1) is 12.5. The Labute approximate surface area is 99.8 Å². The van der Waals surface area contributed by atoms with Crippen LogP contribution in [0.25, 0.3) is 0 Å². The molecule has 1 fully saturated rings. The van der Waals surface area contributed by atoms with E-state index >= 15 is 0 Å². The summed E-state index contributed by atoms with van der Waals surface area (Å²) >= 11 is 0. The molecule has 2 unspecified atom stereocenters. The summed E-state index contributed by atoms with van der Waals surface area (Å²) in [6.45, 7) is 1.77. The fourth-order valence-corrected chi connectivity index (χ4v) is 3.74. The van der Waals surface area contributed by atoms with Crippen LogP contribution < -0.4 is 5.73 Å². The van der Waals surface area contributed by atoms with Gasteiger partial charge in [-0.15, -0.1) is 0 Å². The summed E-state index contributed by atoms with van der Waals surface area (Å²) in [5, 5.41) is 9.59. The van der Waals surface area contributed by atoms with Crippen LogP contribution in [0.2, 0.25) is 0 Å². The minimum atomic E-state index is -2.96. The first-order valence-corrected chi connectivity index (χ1v) is 7.31. The molecule has 0 radical (unpaired) electrons. The number of aryl methyl sites for hydroxylation is 1. The molecule has 0 bridgehead atoms. The molecule has 0 spiro atoms.